The Labute approximate surface area is 182 Å². The second kappa shape index (κ2) is 8.52. The van der Waals surface area contributed by atoms with Crippen molar-refractivity contribution in [3.63, 3.8) is 0 Å². The SMILES string of the molecule is C=C(Nc1ccccc1)c1c(-c2ccccc2)c(-c2ccc(F)cc2)n(N)c1C(C)C. The van der Waals surface area contributed by atoms with E-state index in [0.717, 1.165) is 45.0 Å². The lowest BCUT2D eigenvalue weighted by atomic mass is 9.93. The lowest BCUT2D eigenvalue weighted by Crippen LogP contribution is -2.15. The van der Waals surface area contributed by atoms with E-state index in [4.69, 9.17) is 5.84 Å². The number of hydrogen-bond donors (Lipinski definition) is 2. The fourth-order valence-corrected chi connectivity index (χ4v) is 4.02. The molecule has 0 fully saturated rings. The molecule has 3 aromatic carbocycles. The maximum absolute atomic E-state index is 13.6. The summed E-state index contributed by atoms with van der Waals surface area (Å²) in [4.78, 5) is 0. The lowest BCUT2D eigenvalue weighted by molar-refractivity contribution is 0.628. The van der Waals surface area contributed by atoms with Gasteiger partial charge in [0, 0.05) is 28.1 Å². The van der Waals surface area contributed by atoms with Crippen molar-refractivity contribution in [3.8, 4) is 22.4 Å². The van der Waals surface area contributed by atoms with Crippen molar-refractivity contribution in [1.29, 1.82) is 0 Å². The van der Waals surface area contributed by atoms with Crippen LogP contribution in [0.2, 0.25) is 0 Å². The van der Waals surface area contributed by atoms with Crippen LogP contribution in [0.15, 0.2) is 91.5 Å². The Hall–Kier alpha value is -3.79. The minimum Gasteiger partial charge on any atom is -0.355 e. The molecule has 3 nitrogen and oxygen atoms in total. The van der Waals surface area contributed by atoms with Crippen LogP contribution in [0, 0.1) is 5.82 Å². The Morgan fingerprint density at radius 2 is 1.45 bits per heavy atom. The molecular weight excluding hydrogens is 385 g/mol. The first kappa shape index (κ1) is 20.5. The summed E-state index contributed by atoms with van der Waals surface area (Å²) in [6, 6.07) is 26.5. The van der Waals surface area contributed by atoms with E-state index in [-0.39, 0.29) is 11.7 Å². The van der Waals surface area contributed by atoms with Gasteiger partial charge in [0.2, 0.25) is 0 Å². The van der Waals surface area contributed by atoms with Gasteiger partial charge in [-0.3, -0.25) is 4.68 Å². The van der Waals surface area contributed by atoms with Crippen molar-refractivity contribution in [3.05, 3.63) is 109 Å². The molecule has 0 aliphatic carbocycles. The Balaban J connectivity index is 1.99. The van der Waals surface area contributed by atoms with Gasteiger partial charge in [-0.15, -0.1) is 0 Å². The Kier molecular flexibility index (Phi) is 5.63. The zero-order chi connectivity index (χ0) is 22.0. The van der Waals surface area contributed by atoms with Crippen LogP contribution < -0.4 is 11.2 Å². The number of halogens is 1. The first-order valence-corrected chi connectivity index (χ1v) is 10.3. The van der Waals surface area contributed by atoms with E-state index in [9.17, 15) is 4.39 Å². The monoisotopic (exact) mass is 411 g/mol. The summed E-state index contributed by atoms with van der Waals surface area (Å²) in [6.45, 7) is 8.60. The van der Waals surface area contributed by atoms with Crippen LogP contribution in [-0.2, 0) is 0 Å². The molecule has 4 aromatic rings. The van der Waals surface area contributed by atoms with Crippen molar-refractivity contribution >= 4 is 11.4 Å². The van der Waals surface area contributed by atoms with E-state index in [1.54, 1.807) is 16.8 Å². The standard InChI is InChI=1S/C27H26FN3/c1-18(2)26-24(19(3)30-23-12-8-5-9-13-23)25(20-10-6-4-7-11-20)27(31(26)29)21-14-16-22(28)17-15-21/h4-18,30H,3,29H2,1-2H3. The number of nitrogens with one attached hydrogen (secondary N) is 1. The second-order valence-corrected chi connectivity index (χ2v) is 7.85. The number of benzene rings is 3. The predicted octanol–water partition coefficient (Wildman–Crippen LogP) is 6.88. The van der Waals surface area contributed by atoms with Crippen molar-refractivity contribution in [1.82, 2.24) is 4.68 Å². The van der Waals surface area contributed by atoms with E-state index in [0.29, 0.717) is 0 Å². The molecule has 0 aliphatic rings. The largest absolute Gasteiger partial charge is 0.355 e. The number of nitrogens with zero attached hydrogens (tertiary/aromatic N) is 1. The van der Waals surface area contributed by atoms with Crippen molar-refractivity contribution in [2.45, 2.75) is 19.8 Å². The van der Waals surface area contributed by atoms with Gasteiger partial charge in [-0.25, -0.2) is 4.39 Å². The summed E-state index contributed by atoms with van der Waals surface area (Å²) in [5, 5.41) is 3.44. The number of rotatable bonds is 6. The molecule has 0 amide bonds. The van der Waals surface area contributed by atoms with Crippen molar-refractivity contribution in [2.75, 3.05) is 11.2 Å². The molecule has 0 bridgehead atoms. The van der Waals surface area contributed by atoms with Gasteiger partial charge in [0.25, 0.3) is 0 Å². The molecule has 0 aliphatic heterocycles. The van der Waals surface area contributed by atoms with Crippen LogP contribution in [0.1, 0.15) is 31.0 Å². The minimum atomic E-state index is -0.278. The molecule has 31 heavy (non-hydrogen) atoms. The molecule has 1 aromatic heterocycles. The highest BCUT2D eigenvalue weighted by atomic mass is 19.1. The smallest absolute Gasteiger partial charge is 0.123 e. The molecule has 0 spiro atoms. The molecule has 1 heterocycles. The number of para-hydroxylation sites is 1. The molecule has 0 radical (unpaired) electrons. The zero-order valence-corrected chi connectivity index (χ0v) is 17.8. The van der Waals surface area contributed by atoms with Crippen LogP contribution >= 0.6 is 0 Å². The third-order valence-electron chi connectivity index (χ3n) is 5.34. The maximum Gasteiger partial charge on any atom is 0.123 e. The van der Waals surface area contributed by atoms with Crippen LogP contribution in [0.3, 0.4) is 0 Å². The topological polar surface area (TPSA) is 43.0 Å². The third-order valence-corrected chi connectivity index (χ3v) is 5.34. The van der Waals surface area contributed by atoms with Gasteiger partial charge in [0.05, 0.1) is 11.4 Å². The molecule has 0 unspecified atom stereocenters. The quantitative estimate of drug-likeness (QED) is 0.340. The summed E-state index contributed by atoms with van der Waals surface area (Å²) in [5.74, 6) is 6.56. The first-order valence-electron chi connectivity index (χ1n) is 10.3. The van der Waals surface area contributed by atoms with Gasteiger partial charge < -0.3 is 11.2 Å². The summed E-state index contributed by atoms with van der Waals surface area (Å²) in [6.07, 6.45) is 0. The third kappa shape index (κ3) is 3.97. The molecule has 4 heteroatoms. The van der Waals surface area contributed by atoms with Gasteiger partial charge in [0.15, 0.2) is 0 Å². The number of aromatic nitrogens is 1. The number of anilines is 1. The van der Waals surface area contributed by atoms with E-state index >= 15 is 0 Å². The molecule has 3 N–H and O–H groups in total. The van der Waals surface area contributed by atoms with Gasteiger partial charge in [-0.2, -0.15) is 0 Å². The zero-order valence-electron chi connectivity index (χ0n) is 17.8. The Bertz CT molecular complexity index is 1190. The second-order valence-electron chi connectivity index (χ2n) is 7.85. The van der Waals surface area contributed by atoms with Crippen LogP contribution in [0.25, 0.3) is 28.1 Å². The first-order chi connectivity index (χ1) is 15.0. The van der Waals surface area contributed by atoms with E-state index in [1.807, 2.05) is 48.5 Å². The number of hydrogen-bond acceptors (Lipinski definition) is 2. The fourth-order valence-electron chi connectivity index (χ4n) is 4.02. The van der Waals surface area contributed by atoms with Crippen LogP contribution in [0.4, 0.5) is 10.1 Å². The molecule has 0 saturated heterocycles. The summed E-state index contributed by atoms with van der Waals surface area (Å²) >= 11 is 0. The molecular formula is C27H26FN3. The molecule has 156 valence electrons. The molecule has 4 rings (SSSR count). The average molecular weight is 412 g/mol. The number of nitrogen functional groups attached to an aromatic ring is 1. The molecule has 0 saturated carbocycles. The van der Waals surface area contributed by atoms with E-state index < -0.39 is 0 Å². The van der Waals surface area contributed by atoms with Gasteiger partial charge in [-0.05, 0) is 47.9 Å². The average Bonchev–Trinajstić information content (AvgIpc) is 3.09. The van der Waals surface area contributed by atoms with Crippen molar-refractivity contribution in [2.24, 2.45) is 0 Å². The Morgan fingerprint density at radius 3 is 2.03 bits per heavy atom. The summed E-state index contributed by atoms with van der Waals surface area (Å²) in [5.41, 5.74) is 7.34. The minimum absolute atomic E-state index is 0.144. The number of nitrogens with two attached hydrogens (primary N) is 1. The van der Waals surface area contributed by atoms with Gasteiger partial charge in [0.1, 0.15) is 5.82 Å². The lowest BCUT2D eigenvalue weighted by Gasteiger charge is -2.16. The summed E-state index contributed by atoms with van der Waals surface area (Å²) in [7, 11) is 0. The normalized spacial score (nSPS) is 11.0. The fraction of sp³-hybridized carbons (Fsp3) is 0.111. The van der Waals surface area contributed by atoms with Gasteiger partial charge >= 0.3 is 0 Å². The van der Waals surface area contributed by atoms with Crippen LogP contribution in [-0.4, -0.2) is 4.68 Å². The highest BCUT2D eigenvalue weighted by molar-refractivity contribution is 5.95. The van der Waals surface area contributed by atoms with Crippen molar-refractivity contribution < 1.29 is 4.39 Å². The predicted molar refractivity (Wildman–Crippen MR) is 129 cm³/mol. The Morgan fingerprint density at radius 1 is 0.871 bits per heavy atom. The van der Waals surface area contributed by atoms with E-state index in [1.165, 1.54) is 12.1 Å². The highest BCUT2D eigenvalue weighted by Crippen LogP contribution is 2.43. The van der Waals surface area contributed by atoms with Crippen LogP contribution in [0.5, 0.6) is 0 Å². The highest BCUT2D eigenvalue weighted by Gasteiger charge is 2.27. The maximum atomic E-state index is 13.6. The molecule has 0 atom stereocenters. The van der Waals surface area contributed by atoms with E-state index in [2.05, 4.69) is 37.9 Å². The summed E-state index contributed by atoms with van der Waals surface area (Å²) < 4.78 is 15.4. The van der Waals surface area contributed by atoms with Gasteiger partial charge in [-0.1, -0.05) is 69.0 Å².